The summed E-state index contributed by atoms with van der Waals surface area (Å²) in [6.45, 7) is 3.97. The van der Waals surface area contributed by atoms with Crippen LogP contribution in [0.15, 0.2) is 11.1 Å². The number of allylic oxidation sites excluding steroid dienone is 2. The summed E-state index contributed by atoms with van der Waals surface area (Å²) in [6, 6.07) is 0.259. The fraction of sp³-hybridized carbons (Fsp3) is 0.733. The highest BCUT2D eigenvalue weighted by atomic mass is 16.4. The van der Waals surface area contributed by atoms with E-state index in [9.17, 15) is 14.7 Å². The molecule has 0 aromatic heterocycles. The third kappa shape index (κ3) is 3.17. The topological polar surface area (TPSA) is 66.4 Å². The normalized spacial score (nSPS) is 28.5. The van der Waals surface area contributed by atoms with E-state index in [2.05, 4.69) is 5.32 Å². The van der Waals surface area contributed by atoms with Gasteiger partial charge in [0.05, 0.1) is 11.8 Å². The Morgan fingerprint density at radius 1 is 1.05 bits per heavy atom. The zero-order chi connectivity index (χ0) is 14.0. The Balaban J connectivity index is 2.07. The number of nitrogens with one attached hydrogen (secondary N) is 1. The van der Waals surface area contributed by atoms with Crippen molar-refractivity contribution < 1.29 is 14.7 Å². The molecule has 1 fully saturated rings. The molecular weight excluding hydrogens is 242 g/mol. The minimum Gasteiger partial charge on any atom is -0.481 e. The lowest BCUT2D eigenvalue weighted by molar-refractivity contribution is -0.147. The molecule has 0 aliphatic heterocycles. The van der Waals surface area contributed by atoms with Crippen molar-refractivity contribution in [2.75, 3.05) is 0 Å². The van der Waals surface area contributed by atoms with Gasteiger partial charge in [0, 0.05) is 6.04 Å². The predicted molar refractivity (Wildman–Crippen MR) is 72.6 cm³/mol. The molecule has 2 N–H and O–H groups in total. The van der Waals surface area contributed by atoms with Crippen LogP contribution in [-0.2, 0) is 9.59 Å². The molecule has 0 radical (unpaired) electrons. The molecule has 0 bridgehead atoms. The number of rotatable bonds is 3. The van der Waals surface area contributed by atoms with E-state index in [1.165, 1.54) is 5.57 Å². The zero-order valence-electron chi connectivity index (χ0n) is 11.7. The minimum atomic E-state index is -0.849. The van der Waals surface area contributed by atoms with Gasteiger partial charge in [-0.2, -0.15) is 0 Å². The van der Waals surface area contributed by atoms with Gasteiger partial charge in [0.25, 0.3) is 0 Å². The lowest BCUT2D eigenvalue weighted by Crippen LogP contribution is -2.43. The molecule has 4 nitrogen and oxygen atoms in total. The molecule has 4 heteroatoms. The Kier molecular flexibility index (Phi) is 4.27. The Morgan fingerprint density at radius 3 is 2.11 bits per heavy atom. The zero-order valence-corrected chi connectivity index (χ0v) is 11.7. The second-order valence-corrected chi connectivity index (χ2v) is 6.01. The first-order valence-electron chi connectivity index (χ1n) is 7.17. The van der Waals surface area contributed by atoms with Crippen LogP contribution >= 0.6 is 0 Å². The van der Waals surface area contributed by atoms with Gasteiger partial charge >= 0.3 is 5.97 Å². The van der Waals surface area contributed by atoms with Crippen molar-refractivity contribution in [1.29, 1.82) is 0 Å². The highest BCUT2D eigenvalue weighted by Gasteiger charge is 2.37. The molecule has 0 spiro atoms. The van der Waals surface area contributed by atoms with Gasteiger partial charge in [-0.05, 0) is 39.5 Å². The number of carbonyl (C=O) groups is 2. The Labute approximate surface area is 114 Å². The first-order chi connectivity index (χ1) is 8.99. The van der Waals surface area contributed by atoms with E-state index in [1.807, 2.05) is 13.8 Å². The fourth-order valence-corrected chi connectivity index (χ4v) is 3.21. The summed E-state index contributed by atoms with van der Waals surface area (Å²) in [7, 11) is 0. The first kappa shape index (κ1) is 14.1. The van der Waals surface area contributed by atoms with Gasteiger partial charge in [0.15, 0.2) is 0 Å². The smallest absolute Gasteiger partial charge is 0.307 e. The Hall–Kier alpha value is -1.32. The fourth-order valence-electron chi connectivity index (χ4n) is 3.21. The summed E-state index contributed by atoms with van der Waals surface area (Å²) in [5, 5.41) is 12.4. The van der Waals surface area contributed by atoms with Crippen LogP contribution in [0.2, 0.25) is 0 Å². The quantitative estimate of drug-likeness (QED) is 0.770. The summed E-state index contributed by atoms with van der Waals surface area (Å²) >= 11 is 0. The number of carboxylic acids is 1. The molecule has 2 aliphatic carbocycles. The van der Waals surface area contributed by atoms with E-state index in [-0.39, 0.29) is 11.9 Å². The molecule has 0 unspecified atom stereocenters. The van der Waals surface area contributed by atoms with Crippen LogP contribution in [0.1, 0.15) is 52.4 Å². The number of amides is 1. The average molecular weight is 265 g/mol. The van der Waals surface area contributed by atoms with Crippen LogP contribution in [0.4, 0.5) is 0 Å². The second-order valence-electron chi connectivity index (χ2n) is 6.01. The van der Waals surface area contributed by atoms with Crippen LogP contribution in [0.3, 0.4) is 0 Å². The van der Waals surface area contributed by atoms with Crippen molar-refractivity contribution in [3.8, 4) is 0 Å². The number of carboxylic acid groups (broad SMARTS) is 1. The summed E-state index contributed by atoms with van der Waals surface area (Å²) < 4.78 is 0. The summed E-state index contributed by atoms with van der Waals surface area (Å²) in [6.07, 6.45) is 5.48. The van der Waals surface area contributed by atoms with Crippen molar-refractivity contribution in [1.82, 2.24) is 5.32 Å². The molecule has 2 atom stereocenters. The van der Waals surface area contributed by atoms with E-state index < -0.39 is 17.8 Å². The van der Waals surface area contributed by atoms with Crippen molar-refractivity contribution in [3.63, 3.8) is 0 Å². The van der Waals surface area contributed by atoms with Crippen LogP contribution in [0.5, 0.6) is 0 Å². The van der Waals surface area contributed by atoms with Gasteiger partial charge in [0.1, 0.15) is 0 Å². The molecule has 0 heterocycles. The lowest BCUT2D eigenvalue weighted by Gasteiger charge is -2.30. The summed E-state index contributed by atoms with van der Waals surface area (Å²) in [5.41, 5.74) is 2.29. The molecule has 0 aromatic rings. The molecule has 1 saturated carbocycles. The van der Waals surface area contributed by atoms with Crippen LogP contribution in [-0.4, -0.2) is 23.0 Å². The van der Waals surface area contributed by atoms with Crippen molar-refractivity contribution in [3.05, 3.63) is 11.1 Å². The third-order valence-corrected chi connectivity index (χ3v) is 4.62. The first-order valence-corrected chi connectivity index (χ1v) is 7.17. The van der Waals surface area contributed by atoms with Crippen molar-refractivity contribution in [2.45, 2.75) is 58.4 Å². The molecule has 0 saturated heterocycles. The SMILES string of the molecule is CC1=C(C)C[C@@H](C(=O)O)[C@@H](C(=O)NC2CCCC2)C1. The maximum absolute atomic E-state index is 12.3. The van der Waals surface area contributed by atoms with Gasteiger partial charge in [-0.1, -0.05) is 24.0 Å². The number of aliphatic carboxylic acids is 1. The lowest BCUT2D eigenvalue weighted by atomic mass is 9.76. The molecule has 19 heavy (non-hydrogen) atoms. The van der Waals surface area contributed by atoms with Crippen LogP contribution in [0.25, 0.3) is 0 Å². The highest BCUT2D eigenvalue weighted by Crippen LogP contribution is 2.34. The Bertz CT molecular complexity index is 408. The molecule has 106 valence electrons. The molecular formula is C15H23NO3. The maximum atomic E-state index is 12.3. The number of hydrogen-bond donors (Lipinski definition) is 2. The summed E-state index contributed by atoms with van der Waals surface area (Å²) in [5.74, 6) is -1.88. The standard InChI is InChI=1S/C15H23NO3/c1-9-7-12(13(15(18)19)8-10(9)2)14(17)16-11-5-3-4-6-11/h11-13H,3-8H2,1-2H3,(H,16,17)(H,18,19)/t12-,13+/m0/s1. The van der Waals surface area contributed by atoms with Gasteiger partial charge in [-0.15, -0.1) is 0 Å². The monoisotopic (exact) mass is 265 g/mol. The van der Waals surface area contributed by atoms with Gasteiger partial charge in [0.2, 0.25) is 5.91 Å². The van der Waals surface area contributed by atoms with E-state index in [4.69, 9.17) is 0 Å². The molecule has 2 aliphatic rings. The molecule has 0 aromatic carbocycles. The largest absolute Gasteiger partial charge is 0.481 e. The minimum absolute atomic E-state index is 0.0637. The van der Waals surface area contributed by atoms with E-state index in [1.54, 1.807) is 0 Å². The molecule has 2 rings (SSSR count). The van der Waals surface area contributed by atoms with E-state index in [0.29, 0.717) is 12.8 Å². The average Bonchev–Trinajstić information content (AvgIpc) is 2.84. The van der Waals surface area contributed by atoms with E-state index in [0.717, 1.165) is 31.3 Å². The van der Waals surface area contributed by atoms with E-state index >= 15 is 0 Å². The Morgan fingerprint density at radius 2 is 1.58 bits per heavy atom. The third-order valence-electron chi connectivity index (χ3n) is 4.62. The van der Waals surface area contributed by atoms with Gasteiger partial charge < -0.3 is 10.4 Å². The summed E-state index contributed by atoms with van der Waals surface area (Å²) in [4.78, 5) is 23.7. The number of carbonyl (C=O) groups excluding carboxylic acids is 1. The van der Waals surface area contributed by atoms with Crippen molar-refractivity contribution in [2.24, 2.45) is 11.8 Å². The van der Waals surface area contributed by atoms with Crippen LogP contribution < -0.4 is 5.32 Å². The van der Waals surface area contributed by atoms with Gasteiger partial charge in [-0.3, -0.25) is 9.59 Å². The highest BCUT2D eigenvalue weighted by molar-refractivity contribution is 5.85. The molecule has 1 amide bonds. The number of hydrogen-bond acceptors (Lipinski definition) is 2. The predicted octanol–water partition coefficient (Wildman–Crippen LogP) is 2.49. The maximum Gasteiger partial charge on any atom is 0.307 e. The van der Waals surface area contributed by atoms with Gasteiger partial charge in [-0.25, -0.2) is 0 Å². The second kappa shape index (κ2) is 5.76. The van der Waals surface area contributed by atoms with Crippen LogP contribution in [0, 0.1) is 11.8 Å². The van der Waals surface area contributed by atoms with Crippen molar-refractivity contribution >= 4 is 11.9 Å².